The Kier molecular flexibility index (Phi) is 4.98. The van der Waals surface area contributed by atoms with E-state index in [0.29, 0.717) is 6.54 Å². The van der Waals surface area contributed by atoms with Crippen LogP contribution in [0, 0.1) is 0 Å². The summed E-state index contributed by atoms with van der Waals surface area (Å²) in [6.45, 7) is 3.52. The van der Waals surface area contributed by atoms with Gasteiger partial charge in [0.1, 0.15) is 0 Å². The zero-order valence-electron chi connectivity index (χ0n) is 10.9. The number of amides is 1. The van der Waals surface area contributed by atoms with Crippen molar-refractivity contribution in [2.75, 3.05) is 6.54 Å². The first-order chi connectivity index (χ1) is 9.29. The molecule has 0 radical (unpaired) electrons. The molecule has 0 bridgehead atoms. The van der Waals surface area contributed by atoms with E-state index in [2.05, 4.69) is 18.4 Å². The Labute approximate surface area is 117 Å². The second kappa shape index (κ2) is 6.95. The molecule has 0 aliphatic rings. The van der Waals surface area contributed by atoms with Gasteiger partial charge >= 0.3 is 0 Å². The maximum Gasteiger partial charge on any atom is 0.246 e. The molecule has 0 aromatic carbocycles. The topological polar surface area (TPSA) is 33.5 Å². The molecule has 100 valence electrons. The largest absolute Gasteiger partial charge is 0.472 e. The molecule has 0 aliphatic carbocycles. The summed E-state index contributed by atoms with van der Waals surface area (Å²) in [5.41, 5.74) is 2.09. The van der Waals surface area contributed by atoms with Gasteiger partial charge in [0.25, 0.3) is 0 Å². The number of hydrogen-bond donors (Lipinski definition) is 0. The molecule has 0 N–H and O–H groups in total. The molecule has 0 saturated carbocycles. The summed E-state index contributed by atoms with van der Waals surface area (Å²) >= 11 is 1.65. The minimum Gasteiger partial charge on any atom is -0.472 e. The fourth-order valence-electron chi connectivity index (χ4n) is 1.78. The molecule has 19 heavy (non-hydrogen) atoms. The number of thiophene rings is 1. The molecule has 0 unspecified atom stereocenters. The molecule has 2 rings (SSSR count). The maximum absolute atomic E-state index is 12.2. The summed E-state index contributed by atoms with van der Waals surface area (Å²) in [4.78, 5) is 14.0. The highest BCUT2D eigenvalue weighted by Crippen LogP contribution is 2.11. The average molecular weight is 275 g/mol. The monoisotopic (exact) mass is 275 g/mol. The third-order valence-electron chi connectivity index (χ3n) is 2.72. The number of nitrogens with zero attached hydrogens (tertiary/aromatic N) is 1. The molecular weight excluding hydrogens is 258 g/mol. The minimum absolute atomic E-state index is 0.0363. The van der Waals surface area contributed by atoms with E-state index in [0.717, 1.165) is 18.5 Å². The Morgan fingerprint density at radius 2 is 2.37 bits per heavy atom. The van der Waals surface area contributed by atoms with Gasteiger partial charge in [-0.2, -0.15) is 11.3 Å². The van der Waals surface area contributed by atoms with Crippen LogP contribution in [0.3, 0.4) is 0 Å². The standard InChI is InChI=1S/C15H17NO2S/c1-2-7-16(10-14-6-9-19-12-14)15(17)4-3-13-5-8-18-11-13/h3-6,8-9,11-12H,2,7,10H2,1H3. The van der Waals surface area contributed by atoms with Crippen molar-refractivity contribution >= 4 is 23.3 Å². The lowest BCUT2D eigenvalue weighted by Gasteiger charge is -2.19. The first-order valence-corrected chi connectivity index (χ1v) is 7.24. The number of carbonyl (C=O) groups is 1. The molecular formula is C15H17NO2S. The van der Waals surface area contributed by atoms with Gasteiger partial charge in [-0.3, -0.25) is 4.79 Å². The van der Waals surface area contributed by atoms with Crippen LogP contribution in [-0.2, 0) is 11.3 Å². The second-order valence-corrected chi connectivity index (χ2v) is 5.06. The number of carbonyl (C=O) groups excluding carboxylic acids is 1. The van der Waals surface area contributed by atoms with E-state index in [1.165, 1.54) is 5.56 Å². The van der Waals surface area contributed by atoms with Crippen LogP contribution in [-0.4, -0.2) is 17.4 Å². The smallest absolute Gasteiger partial charge is 0.246 e. The Bertz CT molecular complexity index is 514. The molecule has 0 fully saturated rings. The molecule has 0 atom stereocenters. The second-order valence-electron chi connectivity index (χ2n) is 4.28. The van der Waals surface area contributed by atoms with Crippen LogP contribution in [0.25, 0.3) is 6.08 Å². The molecule has 0 saturated heterocycles. The van der Waals surface area contributed by atoms with Crippen molar-refractivity contribution in [2.45, 2.75) is 19.9 Å². The average Bonchev–Trinajstić information content (AvgIpc) is 3.08. The molecule has 2 aromatic rings. The van der Waals surface area contributed by atoms with E-state index in [1.807, 2.05) is 16.3 Å². The fraction of sp³-hybridized carbons (Fsp3) is 0.267. The number of rotatable bonds is 6. The van der Waals surface area contributed by atoms with Crippen molar-refractivity contribution in [1.29, 1.82) is 0 Å². The molecule has 2 heterocycles. The summed E-state index contributed by atoms with van der Waals surface area (Å²) in [7, 11) is 0. The minimum atomic E-state index is 0.0363. The highest BCUT2D eigenvalue weighted by molar-refractivity contribution is 7.07. The number of furan rings is 1. The first kappa shape index (κ1) is 13.6. The lowest BCUT2D eigenvalue weighted by molar-refractivity contribution is -0.126. The van der Waals surface area contributed by atoms with Gasteiger partial charge in [-0.15, -0.1) is 0 Å². The van der Waals surface area contributed by atoms with Crippen molar-refractivity contribution in [2.24, 2.45) is 0 Å². The predicted molar refractivity (Wildman–Crippen MR) is 77.8 cm³/mol. The van der Waals surface area contributed by atoms with E-state index in [1.54, 1.807) is 36.0 Å². The van der Waals surface area contributed by atoms with Crippen LogP contribution in [0.1, 0.15) is 24.5 Å². The van der Waals surface area contributed by atoms with Crippen molar-refractivity contribution in [3.8, 4) is 0 Å². The van der Waals surface area contributed by atoms with E-state index in [4.69, 9.17) is 4.42 Å². The summed E-state index contributed by atoms with van der Waals surface area (Å²) in [6, 6.07) is 3.88. The Morgan fingerprint density at radius 1 is 1.47 bits per heavy atom. The zero-order chi connectivity index (χ0) is 13.5. The SMILES string of the molecule is CCCN(Cc1ccsc1)C(=O)C=Cc1ccoc1. The molecule has 4 heteroatoms. The van der Waals surface area contributed by atoms with Gasteiger partial charge in [0, 0.05) is 24.7 Å². The van der Waals surface area contributed by atoms with Crippen LogP contribution >= 0.6 is 11.3 Å². The van der Waals surface area contributed by atoms with Crippen LogP contribution in [0.4, 0.5) is 0 Å². The van der Waals surface area contributed by atoms with E-state index >= 15 is 0 Å². The van der Waals surface area contributed by atoms with Gasteiger partial charge in [-0.25, -0.2) is 0 Å². The molecule has 0 aliphatic heterocycles. The lowest BCUT2D eigenvalue weighted by Crippen LogP contribution is -2.29. The highest BCUT2D eigenvalue weighted by atomic mass is 32.1. The van der Waals surface area contributed by atoms with Crippen molar-refractivity contribution < 1.29 is 9.21 Å². The summed E-state index contributed by atoms with van der Waals surface area (Å²) in [6.07, 6.45) is 7.55. The third-order valence-corrected chi connectivity index (χ3v) is 3.45. The van der Waals surface area contributed by atoms with Gasteiger partial charge < -0.3 is 9.32 Å². The van der Waals surface area contributed by atoms with Crippen molar-refractivity contribution in [3.63, 3.8) is 0 Å². The maximum atomic E-state index is 12.2. The van der Waals surface area contributed by atoms with E-state index in [-0.39, 0.29) is 5.91 Å². The Balaban J connectivity index is 1.99. The summed E-state index contributed by atoms with van der Waals surface area (Å²) in [5.74, 6) is 0.0363. The Hall–Kier alpha value is -1.81. The molecule has 3 nitrogen and oxygen atoms in total. The number of hydrogen-bond acceptors (Lipinski definition) is 3. The first-order valence-electron chi connectivity index (χ1n) is 6.30. The highest BCUT2D eigenvalue weighted by Gasteiger charge is 2.10. The normalized spacial score (nSPS) is 11.0. The summed E-state index contributed by atoms with van der Waals surface area (Å²) < 4.78 is 4.97. The van der Waals surface area contributed by atoms with Gasteiger partial charge in [-0.1, -0.05) is 6.92 Å². The van der Waals surface area contributed by atoms with Gasteiger partial charge in [0.05, 0.1) is 12.5 Å². The van der Waals surface area contributed by atoms with Crippen LogP contribution in [0.5, 0.6) is 0 Å². The Morgan fingerprint density at radius 3 is 3.00 bits per heavy atom. The molecule has 0 spiro atoms. The molecule has 1 amide bonds. The van der Waals surface area contributed by atoms with Crippen LogP contribution in [0.2, 0.25) is 0 Å². The van der Waals surface area contributed by atoms with Crippen LogP contribution < -0.4 is 0 Å². The van der Waals surface area contributed by atoms with Gasteiger partial charge in [0.2, 0.25) is 5.91 Å². The van der Waals surface area contributed by atoms with Crippen molar-refractivity contribution in [1.82, 2.24) is 4.90 Å². The molecule has 2 aromatic heterocycles. The third kappa shape index (κ3) is 4.10. The lowest BCUT2D eigenvalue weighted by atomic mass is 10.2. The van der Waals surface area contributed by atoms with E-state index in [9.17, 15) is 4.79 Å². The van der Waals surface area contributed by atoms with E-state index < -0.39 is 0 Å². The van der Waals surface area contributed by atoms with Gasteiger partial charge in [-0.05, 0) is 41.0 Å². The fourth-order valence-corrected chi connectivity index (χ4v) is 2.44. The van der Waals surface area contributed by atoms with Gasteiger partial charge in [0.15, 0.2) is 0 Å². The van der Waals surface area contributed by atoms with Crippen molar-refractivity contribution in [3.05, 3.63) is 52.6 Å². The zero-order valence-corrected chi connectivity index (χ0v) is 11.7. The predicted octanol–water partition coefficient (Wildman–Crippen LogP) is 3.79. The quantitative estimate of drug-likeness (QED) is 0.751. The van der Waals surface area contributed by atoms with Crippen LogP contribution in [0.15, 0.2) is 45.9 Å². The summed E-state index contributed by atoms with van der Waals surface area (Å²) in [5, 5.41) is 4.11.